The summed E-state index contributed by atoms with van der Waals surface area (Å²) >= 11 is 0.292. The second kappa shape index (κ2) is 11.4. The number of nitrogens with one attached hydrogen (secondary N) is 1. The van der Waals surface area contributed by atoms with Gasteiger partial charge >= 0.3 is 129 Å². The monoisotopic (exact) mass is 381 g/mol. The molecule has 0 aliphatic heterocycles. The number of benzene rings is 2. The number of carbonyl (C=O) groups excluding carboxylic acids is 1. The van der Waals surface area contributed by atoms with Crippen LogP contribution in [0.25, 0.3) is 0 Å². The van der Waals surface area contributed by atoms with Crippen molar-refractivity contribution in [2.45, 2.75) is 27.2 Å². The van der Waals surface area contributed by atoms with Crippen LogP contribution in [0, 0.1) is 0 Å². The van der Waals surface area contributed by atoms with Gasteiger partial charge in [0.2, 0.25) is 0 Å². The first-order valence-corrected chi connectivity index (χ1v) is 11.4. The number of anilines is 1. The van der Waals surface area contributed by atoms with Crippen molar-refractivity contribution in [1.29, 1.82) is 0 Å². The molecule has 0 aliphatic carbocycles. The molecule has 0 saturated carbocycles. The van der Waals surface area contributed by atoms with Crippen molar-refractivity contribution in [1.82, 2.24) is 0 Å². The van der Waals surface area contributed by atoms with Gasteiger partial charge in [-0.05, 0) is 0 Å². The fourth-order valence-electron chi connectivity index (χ4n) is 1.64. The Labute approximate surface area is 143 Å². The second-order valence-corrected chi connectivity index (χ2v) is 8.49. The van der Waals surface area contributed by atoms with Gasteiger partial charge in [-0.25, -0.2) is 0 Å². The summed E-state index contributed by atoms with van der Waals surface area (Å²) in [6.07, 6.45) is 1.17. The molecular formula is C18H23NOSSe. The zero-order valence-electron chi connectivity index (χ0n) is 13.3. The van der Waals surface area contributed by atoms with E-state index >= 15 is 0 Å². The standard InChI is InChI=1S/C16H17NOSSe.C2H6/c1-2-12-19-20-15-11-7-6-10-14(15)16(18)17-13-8-4-3-5-9-13;1-2/h3-11H,2,12H2,1H3,(H,17,18);1-2H3. The molecule has 0 spiro atoms. The molecule has 1 N–H and O–H groups in total. The van der Waals surface area contributed by atoms with E-state index in [9.17, 15) is 4.79 Å². The summed E-state index contributed by atoms with van der Waals surface area (Å²) in [6.45, 7) is 6.18. The molecule has 0 radical (unpaired) electrons. The molecule has 0 saturated heterocycles. The van der Waals surface area contributed by atoms with Crippen LogP contribution in [-0.4, -0.2) is 25.5 Å². The van der Waals surface area contributed by atoms with E-state index in [0.29, 0.717) is 13.8 Å². The van der Waals surface area contributed by atoms with E-state index in [4.69, 9.17) is 0 Å². The summed E-state index contributed by atoms with van der Waals surface area (Å²) < 4.78 is 1.16. The van der Waals surface area contributed by atoms with Crippen molar-refractivity contribution in [3.05, 3.63) is 60.2 Å². The average molecular weight is 380 g/mol. The topological polar surface area (TPSA) is 29.1 Å². The van der Waals surface area contributed by atoms with Crippen LogP contribution in [0.4, 0.5) is 5.69 Å². The quantitative estimate of drug-likeness (QED) is 0.596. The van der Waals surface area contributed by atoms with E-state index in [1.54, 1.807) is 0 Å². The molecule has 4 heteroatoms. The van der Waals surface area contributed by atoms with Crippen molar-refractivity contribution in [2.75, 3.05) is 11.1 Å². The van der Waals surface area contributed by atoms with E-state index in [1.165, 1.54) is 6.42 Å². The van der Waals surface area contributed by atoms with Crippen LogP contribution in [0.3, 0.4) is 0 Å². The minimum absolute atomic E-state index is 0.0224. The molecule has 1 amide bonds. The molecule has 0 aromatic heterocycles. The van der Waals surface area contributed by atoms with Crippen molar-refractivity contribution in [2.24, 2.45) is 0 Å². The molecule has 0 atom stereocenters. The summed E-state index contributed by atoms with van der Waals surface area (Å²) in [6, 6.07) is 17.5. The van der Waals surface area contributed by atoms with Gasteiger partial charge in [-0.2, -0.15) is 0 Å². The van der Waals surface area contributed by atoms with Crippen LogP contribution in [0.1, 0.15) is 37.6 Å². The predicted molar refractivity (Wildman–Crippen MR) is 100 cm³/mol. The Morgan fingerprint density at radius 2 is 1.68 bits per heavy atom. The zero-order valence-corrected chi connectivity index (χ0v) is 15.9. The minimum atomic E-state index is -0.0224. The molecule has 118 valence electrons. The van der Waals surface area contributed by atoms with Gasteiger partial charge in [0.05, 0.1) is 0 Å². The molecule has 0 bridgehead atoms. The van der Waals surface area contributed by atoms with Gasteiger partial charge in [-0.1, -0.05) is 13.8 Å². The number of hydrogen-bond donors (Lipinski definition) is 1. The first-order chi connectivity index (χ1) is 10.8. The third kappa shape index (κ3) is 6.27. The Kier molecular flexibility index (Phi) is 9.72. The molecule has 0 heterocycles. The molecule has 0 aliphatic rings. The Balaban J connectivity index is 0.00000116. The van der Waals surface area contributed by atoms with E-state index in [-0.39, 0.29) is 5.91 Å². The van der Waals surface area contributed by atoms with Crippen molar-refractivity contribution in [3.63, 3.8) is 0 Å². The van der Waals surface area contributed by atoms with E-state index in [1.807, 2.05) is 72.6 Å². The molecule has 2 rings (SSSR count). The van der Waals surface area contributed by atoms with Crippen molar-refractivity contribution in [3.8, 4) is 0 Å². The molecule has 2 nitrogen and oxygen atoms in total. The maximum absolute atomic E-state index is 12.4. The van der Waals surface area contributed by atoms with E-state index in [0.717, 1.165) is 21.5 Å². The summed E-state index contributed by atoms with van der Waals surface area (Å²) in [5.74, 6) is 1.13. The van der Waals surface area contributed by atoms with Crippen LogP contribution in [0.2, 0.25) is 0 Å². The summed E-state index contributed by atoms with van der Waals surface area (Å²) in [4.78, 5) is 12.4. The van der Waals surface area contributed by atoms with Gasteiger partial charge in [0, 0.05) is 0 Å². The summed E-state index contributed by atoms with van der Waals surface area (Å²) in [7, 11) is 1.93. The Morgan fingerprint density at radius 1 is 1.05 bits per heavy atom. The van der Waals surface area contributed by atoms with E-state index < -0.39 is 0 Å². The van der Waals surface area contributed by atoms with Gasteiger partial charge < -0.3 is 0 Å². The first-order valence-electron chi connectivity index (χ1n) is 7.56. The fraction of sp³-hybridized carbons (Fsp3) is 0.278. The van der Waals surface area contributed by atoms with Crippen LogP contribution < -0.4 is 9.78 Å². The predicted octanol–water partition coefficient (Wildman–Crippen LogP) is 4.35. The molecule has 0 fully saturated rings. The molecule has 2 aromatic carbocycles. The number of rotatable bonds is 6. The van der Waals surface area contributed by atoms with Crippen molar-refractivity contribution >= 4 is 40.1 Å². The molecular weight excluding hydrogens is 357 g/mol. The second-order valence-electron chi connectivity index (χ2n) is 4.22. The van der Waals surface area contributed by atoms with Crippen LogP contribution in [-0.2, 0) is 0 Å². The molecule has 22 heavy (non-hydrogen) atoms. The number of carbonyl (C=O) groups is 1. The van der Waals surface area contributed by atoms with Gasteiger partial charge in [-0.3, -0.25) is 0 Å². The Morgan fingerprint density at radius 3 is 2.36 bits per heavy atom. The molecule has 0 unspecified atom stereocenters. The van der Waals surface area contributed by atoms with Crippen LogP contribution in [0.5, 0.6) is 0 Å². The zero-order chi connectivity index (χ0) is 16.2. The first kappa shape index (κ1) is 18.8. The third-order valence-electron chi connectivity index (χ3n) is 2.60. The third-order valence-corrected chi connectivity index (χ3v) is 7.14. The van der Waals surface area contributed by atoms with Crippen molar-refractivity contribution < 1.29 is 4.79 Å². The van der Waals surface area contributed by atoms with Crippen LogP contribution in [0.15, 0.2) is 54.6 Å². The summed E-state index contributed by atoms with van der Waals surface area (Å²) in [5, 5.41) is 2.95. The average Bonchev–Trinajstić information content (AvgIpc) is 2.58. The fourth-order valence-corrected chi connectivity index (χ4v) is 5.95. The van der Waals surface area contributed by atoms with Gasteiger partial charge in [0.25, 0.3) is 0 Å². The number of para-hydroxylation sites is 1. The normalized spacial score (nSPS) is 9.59. The van der Waals surface area contributed by atoms with Gasteiger partial charge in [0.1, 0.15) is 0 Å². The van der Waals surface area contributed by atoms with Gasteiger partial charge in [0.15, 0.2) is 0 Å². The maximum atomic E-state index is 12.4. The van der Waals surface area contributed by atoms with Gasteiger partial charge in [-0.15, -0.1) is 0 Å². The SMILES string of the molecule is CC.CCCS[Se]c1ccccc1C(=O)Nc1ccccc1. The van der Waals surface area contributed by atoms with Crippen LogP contribution >= 0.6 is 10.2 Å². The number of amides is 1. The number of hydrogen-bond acceptors (Lipinski definition) is 2. The molecule has 2 aromatic rings. The summed E-state index contributed by atoms with van der Waals surface area (Å²) in [5.41, 5.74) is 1.63. The Hall–Kier alpha value is -1.22. The Bertz CT molecular complexity index is 560. The van der Waals surface area contributed by atoms with E-state index in [2.05, 4.69) is 18.3 Å².